The monoisotopic (exact) mass is 420 g/mol. The van der Waals surface area contributed by atoms with Gasteiger partial charge in [0.1, 0.15) is 5.75 Å². The lowest BCUT2D eigenvalue weighted by atomic mass is 10.1. The number of hydrogen-bond acceptors (Lipinski definition) is 4. The van der Waals surface area contributed by atoms with Gasteiger partial charge in [-0.15, -0.1) is 0 Å². The van der Waals surface area contributed by atoms with Crippen LogP contribution in [-0.4, -0.2) is 35.1 Å². The molecule has 3 N–H and O–H groups in total. The molecule has 2 aromatic rings. The molecule has 0 aromatic heterocycles. The second-order valence-corrected chi connectivity index (χ2v) is 7.16. The molecule has 2 amide bonds. The number of carbonyl (C=O) groups is 2. The van der Waals surface area contributed by atoms with Gasteiger partial charge in [0.25, 0.3) is 11.8 Å². The highest BCUT2D eigenvalue weighted by Crippen LogP contribution is 2.26. The fourth-order valence-corrected chi connectivity index (χ4v) is 3.20. The Balaban J connectivity index is 1.54. The van der Waals surface area contributed by atoms with E-state index in [1.807, 2.05) is 6.07 Å². The zero-order valence-electron chi connectivity index (χ0n) is 14.8. The Hall–Kier alpha value is -2.70. The van der Waals surface area contributed by atoms with Gasteiger partial charge in [-0.25, -0.2) is 0 Å². The number of halogens is 2. The maximum Gasteiger partial charge on any atom is 0.293 e. The number of phenolic OH excluding ortho intramolecular Hbond substituents is 1. The van der Waals surface area contributed by atoms with Gasteiger partial charge in [0.05, 0.1) is 22.2 Å². The lowest BCUT2D eigenvalue weighted by Crippen LogP contribution is -2.30. The normalized spacial score (nSPS) is 13.9. The summed E-state index contributed by atoms with van der Waals surface area (Å²) in [5.74, 6) is -1.63. The first-order valence-corrected chi connectivity index (χ1v) is 9.37. The van der Waals surface area contributed by atoms with Crippen LogP contribution in [0.5, 0.6) is 5.75 Å². The zero-order chi connectivity index (χ0) is 20.3. The third kappa shape index (κ3) is 4.40. The number of benzene rings is 2. The van der Waals surface area contributed by atoms with Crippen molar-refractivity contribution in [3.05, 3.63) is 69.4 Å². The number of hydrogen-bond donors (Lipinski definition) is 3. The van der Waals surface area contributed by atoms with Crippen LogP contribution >= 0.6 is 23.2 Å². The molecule has 1 aliphatic heterocycles. The lowest BCUT2D eigenvalue weighted by molar-refractivity contribution is -0.119. The van der Waals surface area contributed by atoms with Crippen LogP contribution in [0.1, 0.15) is 12.0 Å². The lowest BCUT2D eigenvalue weighted by Gasteiger charge is -2.16. The summed E-state index contributed by atoms with van der Waals surface area (Å²) in [5, 5.41) is 23.1. The van der Waals surface area contributed by atoms with E-state index in [-0.39, 0.29) is 17.9 Å². The van der Waals surface area contributed by atoms with E-state index >= 15 is 0 Å². The summed E-state index contributed by atoms with van der Waals surface area (Å²) in [6, 6.07) is 11.3. The summed E-state index contributed by atoms with van der Waals surface area (Å²) in [5.41, 5.74) is 1.50. The molecule has 0 unspecified atom stereocenters. The number of aryl methyl sites for hydroxylation is 1. The fourth-order valence-electron chi connectivity index (χ4n) is 2.88. The smallest absolute Gasteiger partial charge is 0.293 e. The highest BCUT2D eigenvalue weighted by Gasteiger charge is 2.34. The second-order valence-electron chi connectivity index (χ2n) is 6.34. The van der Waals surface area contributed by atoms with Crippen molar-refractivity contribution in [1.82, 2.24) is 5.32 Å². The number of nitrogens with one attached hydrogen (secondary N) is 1. The Morgan fingerprint density at radius 3 is 2.46 bits per heavy atom. The van der Waals surface area contributed by atoms with Crippen LogP contribution in [0.3, 0.4) is 0 Å². The van der Waals surface area contributed by atoms with E-state index in [1.165, 1.54) is 17.0 Å². The molecular weight excluding hydrogens is 403 g/mol. The molecule has 28 heavy (non-hydrogen) atoms. The average Bonchev–Trinajstić information content (AvgIpc) is 2.97. The van der Waals surface area contributed by atoms with Gasteiger partial charge in [-0.2, -0.15) is 0 Å². The standard InChI is InChI=1S/C20H18Cl2N2O4/c21-16-8-3-12(10-17(16)22)2-1-9-23-19(27)15-11-24(20(28)18(15)26)13-4-6-14(25)7-5-13/h3-8,10,25-26H,1-2,9,11H2,(H,23,27). The fraction of sp³-hybridized carbons (Fsp3) is 0.200. The topological polar surface area (TPSA) is 89.9 Å². The van der Waals surface area contributed by atoms with E-state index in [2.05, 4.69) is 5.32 Å². The predicted octanol–water partition coefficient (Wildman–Crippen LogP) is 3.61. The van der Waals surface area contributed by atoms with Crippen molar-refractivity contribution in [2.24, 2.45) is 0 Å². The molecule has 0 spiro atoms. The number of phenols is 1. The van der Waals surface area contributed by atoms with Crippen LogP contribution in [0.2, 0.25) is 10.0 Å². The predicted molar refractivity (Wildman–Crippen MR) is 108 cm³/mol. The first kappa shape index (κ1) is 20.0. The highest BCUT2D eigenvalue weighted by molar-refractivity contribution is 6.42. The third-order valence-electron chi connectivity index (χ3n) is 4.40. The van der Waals surface area contributed by atoms with Crippen molar-refractivity contribution in [2.45, 2.75) is 12.8 Å². The maximum atomic E-state index is 12.4. The molecule has 0 saturated heterocycles. The number of aliphatic hydroxyl groups is 1. The van der Waals surface area contributed by atoms with Crippen molar-refractivity contribution in [2.75, 3.05) is 18.0 Å². The van der Waals surface area contributed by atoms with Crippen molar-refractivity contribution >= 4 is 40.7 Å². The van der Waals surface area contributed by atoms with Gasteiger partial charge in [-0.3, -0.25) is 9.59 Å². The molecule has 0 atom stereocenters. The Bertz CT molecular complexity index is 942. The zero-order valence-corrected chi connectivity index (χ0v) is 16.3. The minimum atomic E-state index is -0.647. The molecule has 1 heterocycles. The molecule has 146 valence electrons. The van der Waals surface area contributed by atoms with Crippen molar-refractivity contribution in [1.29, 1.82) is 0 Å². The second kappa shape index (κ2) is 8.54. The van der Waals surface area contributed by atoms with E-state index in [9.17, 15) is 19.8 Å². The van der Waals surface area contributed by atoms with Gasteiger partial charge in [0.15, 0.2) is 5.76 Å². The molecule has 0 fully saturated rings. The summed E-state index contributed by atoms with van der Waals surface area (Å²) in [6.07, 6.45) is 1.36. The molecule has 2 aromatic carbocycles. The van der Waals surface area contributed by atoms with E-state index in [4.69, 9.17) is 23.2 Å². The summed E-state index contributed by atoms with van der Waals surface area (Å²) < 4.78 is 0. The number of rotatable bonds is 6. The van der Waals surface area contributed by atoms with Crippen molar-refractivity contribution in [3.63, 3.8) is 0 Å². The number of amides is 2. The maximum absolute atomic E-state index is 12.4. The first-order valence-electron chi connectivity index (χ1n) is 8.62. The number of aliphatic hydroxyl groups excluding tert-OH is 1. The number of nitrogens with zero attached hydrogens (tertiary/aromatic N) is 1. The summed E-state index contributed by atoms with van der Waals surface area (Å²) in [4.78, 5) is 25.9. The van der Waals surface area contributed by atoms with Crippen LogP contribution in [0.25, 0.3) is 0 Å². The largest absolute Gasteiger partial charge is 0.508 e. The Labute approximate surface area is 172 Å². The Morgan fingerprint density at radius 2 is 1.79 bits per heavy atom. The van der Waals surface area contributed by atoms with Gasteiger partial charge in [-0.1, -0.05) is 29.3 Å². The molecular formula is C20H18Cl2N2O4. The highest BCUT2D eigenvalue weighted by atomic mass is 35.5. The van der Waals surface area contributed by atoms with Gasteiger partial charge in [-0.05, 0) is 54.8 Å². The third-order valence-corrected chi connectivity index (χ3v) is 5.14. The van der Waals surface area contributed by atoms with Crippen LogP contribution in [0, 0.1) is 0 Å². The molecule has 0 aliphatic carbocycles. The van der Waals surface area contributed by atoms with Crippen molar-refractivity contribution < 1.29 is 19.8 Å². The molecule has 6 nitrogen and oxygen atoms in total. The van der Waals surface area contributed by atoms with Gasteiger partial charge >= 0.3 is 0 Å². The summed E-state index contributed by atoms with van der Waals surface area (Å²) in [6.45, 7) is 0.345. The van der Waals surface area contributed by atoms with Gasteiger partial charge in [0.2, 0.25) is 0 Å². The van der Waals surface area contributed by atoms with Crippen LogP contribution in [0.4, 0.5) is 5.69 Å². The van der Waals surface area contributed by atoms with Gasteiger partial charge in [0, 0.05) is 12.2 Å². The molecule has 0 saturated carbocycles. The van der Waals surface area contributed by atoms with E-state index in [0.717, 1.165) is 5.56 Å². The van der Waals surface area contributed by atoms with Crippen LogP contribution < -0.4 is 10.2 Å². The Morgan fingerprint density at radius 1 is 1.07 bits per heavy atom. The SMILES string of the molecule is O=C(NCCCc1ccc(Cl)c(Cl)c1)C1=C(O)C(=O)N(c2ccc(O)cc2)C1. The summed E-state index contributed by atoms with van der Waals surface area (Å²) >= 11 is 11.9. The van der Waals surface area contributed by atoms with Crippen LogP contribution in [0.15, 0.2) is 53.8 Å². The quantitative estimate of drug-likeness (QED) is 0.622. The molecule has 1 aliphatic rings. The number of carbonyl (C=O) groups excluding carboxylic acids is 2. The molecule has 0 bridgehead atoms. The average molecular weight is 421 g/mol. The molecule has 8 heteroatoms. The number of anilines is 1. The van der Waals surface area contributed by atoms with Crippen LogP contribution in [-0.2, 0) is 16.0 Å². The minimum Gasteiger partial charge on any atom is -0.508 e. The minimum absolute atomic E-state index is 0.0209. The Kier molecular flexibility index (Phi) is 6.11. The van der Waals surface area contributed by atoms with E-state index in [0.29, 0.717) is 35.1 Å². The van der Waals surface area contributed by atoms with Crippen molar-refractivity contribution in [3.8, 4) is 5.75 Å². The van der Waals surface area contributed by atoms with E-state index < -0.39 is 17.6 Å². The van der Waals surface area contributed by atoms with E-state index in [1.54, 1.807) is 24.3 Å². The molecule has 3 rings (SSSR count). The molecule has 0 radical (unpaired) electrons. The number of aromatic hydroxyl groups is 1. The first-order chi connectivity index (χ1) is 13.4. The van der Waals surface area contributed by atoms with Gasteiger partial charge < -0.3 is 20.4 Å². The summed E-state index contributed by atoms with van der Waals surface area (Å²) in [7, 11) is 0.